The third-order valence-corrected chi connectivity index (χ3v) is 3.57. The molecule has 0 aliphatic heterocycles. The predicted molar refractivity (Wildman–Crippen MR) is 84.1 cm³/mol. The summed E-state index contributed by atoms with van der Waals surface area (Å²) < 4.78 is 5.53. The zero-order chi connectivity index (χ0) is 14.9. The summed E-state index contributed by atoms with van der Waals surface area (Å²) in [6.45, 7) is 4.05. The van der Waals surface area contributed by atoms with Crippen LogP contribution in [0.5, 0.6) is 0 Å². The van der Waals surface area contributed by atoms with Crippen LogP contribution in [-0.2, 0) is 9.53 Å². The maximum Gasteiger partial charge on any atom is 0.303 e. The molecule has 3 heteroatoms. The maximum atomic E-state index is 10.3. The third kappa shape index (κ3) is 17.4. The molecular weight excluding hydrogens is 252 g/mol. The van der Waals surface area contributed by atoms with E-state index in [1.165, 1.54) is 64.2 Å². The molecule has 0 aromatic rings. The van der Waals surface area contributed by atoms with Gasteiger partial charge in [0.2, 0.25) is 0 Å². The van der Waals surface area contributed by atoms with Crippen LogP contribution in [-0.4, -0.2) is 24.3 Å². The molecule has 0 rings (SSSR count). The molecule has 20 heavy (non-hydrogen) atoms. The van der Waals surface area contributed by atoms with Crippen LogP contribution in [0.2, 0.25) is 0 Å². The van der Waals surface area contributed by atoms with E-state index in [9.17, 15) is 4.79 Å². The van der Waals surface area contributed by atoms with Gasteiger partial charge in [0.1, 0.15) is 0 Å². The second-order valence-corrected chi connectivity index (χ2v) is 5.65. The van der Waals surface area contributed by atoms with E-state index < -0.39 is 5.97 Å². The Balaban J connectivity index is 2.94. The van der Waals surface area contributed by atoms with Crippen LogP contribution in [0, 0.1) is 0 Å². The lowest BCUT2D eigenvalue weighted by molar-refractivity contribution is -0.137. The highest BCUT2D eigenvalue weighted by Gasteiger charge is 1.97. The van der Waals surface area contributed by atoms with E-state index in [1.54, 1.807) is 0 Å². The Morgan fingerprint density at radius 3 is 1.70 bits per heavy atom. The fourth-order valence-corrected chi connectivity index (χ4v) is 2.24. The summed E-state index contributed by atoms with van der Waals surface area (Å²) in [5.74, 6) is -0.663. The smallest absolute Gasteiger partial charge is 0.303 e. The first-order chi connectivity index (χ1) is 9.77. The molecule has 0 aliphatic rings. The molecule has 0 bridgehead atoms. The minimum absolute atomic E-state index is 0.334. The standard InChI is InChI=1S/C17H34O3/c1-2-3-15-20-16-13-11-9-7-5-4-6-8-10-12-14-17(18)19/h2-16H2,1H3,(H,18,19). The lowest BCUT2D eigenvalue weighted by Crippen LogP contribution is -1.96. The molecule has 1 N–H and O–H groups in total. The molecule has 0 spiro atoms. The Bertz CT molecular complexity index is 204. The maximum absolute atomic E-state index is 10.3. The van der Waals surface area contributed by atoms with Crippen LogP contribution < -0.4 is 0 Å². The summed E-state index contributed by atoms with van der Waals surface area (Å²) in [7, 11) is 0. The van der Waals surface area contributed by atoms with Gasteiger partial charge in [-0.05, 0) is 19.3 Å². The summed E-state index contributed by atoms with van der Waals surface area (Å²) in [6.07, 6.45) is 14.9. The zero-order valence-corrected chi connectivity index (χ0v) is 13.4. The molecule has 0 aromatic carbocycles. The molecular formula is C17H34O3. The SMILES string of the molecule is CCCCOCCCCCCCCCCCCC(=O)O. The van der Waals surface area contributed by atoms with Crippen molar-refractivity contribution in [3.8, 4) is 0 Å². The largest absolute Gasteiger partial charge is 0.481 e. The van der Waals surface area contributed by atoms with Gasteiger partial charge in [0, 0.05) is 19.6 Å². The highest BCUT2D eigenvalue weighted by Crippen LogP contribution is 2.11. The Morgan fingerprint density at radius 2 is 1.20 bits per heavy atom. The molecule has 0 saturated carbocycles. The normalized spacial score (nSPS) is 10.8. The van der Waals surface area contributed by atoms with Crippen molar-refractivity contribution in [1.29, 1.82) is 0 Å². The number of hydrogen-bond donors (Lipinski definition) is 1. The molecule has 0 saturated heterocycles. The number of rotatable bonds is 16. The molecule has 0 radical (unpaired) electrons. The average Bonchev–Trinajstić information content (AvgIpc) is 2.43. The van der Waals surface area contributed by atoms with E-state index in [4.69, 9.17) is 9.84 Å². The molecule has 120 valence electrons. The molecule has 0 aromatic heterocycles. The van der Waals surface area contributed by atoms with Crippen LogP contribution in [0.3, 0.4) is 0 Å². The number of unbranched alkanes of at least 4 members (excludes halogenated alkanes) is 10. The third-order valence-electron chi connectivity index (χ3n) is 3.57. The van der Waals surface area contributed by atoms with Crippen LogP contribution in [0.1, 0.15) is 90.4 Å². The molecule has 0 atom stereocenters. The fraction of sp³-hybridized carbons (Fsp3) is 0.941. The van der Waals surface area contributed by atoms with E-state index in [2.05, 4.69) is 6.92 Å². The molecule has 3 nitrogen and oxygen atoms in total. The van der Waals surface area contributed by atoms with Crippen molar-refractivity contribution in [3.63, 3.8) is 0 Å². The summed E-state index contributed by atoms with van der Waals surface area (Å²) in [4.78, 5) is 10.3. The molecule has 0 amide bonds. The van der Waals surface area contributed by atoms with Gasteiger partial charge in [-0.15, -0.1) is 0 Å². The van der Waals surface area contributed by atoms with Gasteiger partial charge in [-0.25, -0.2) is 0 Å². The van der Waals surface area contributed by atoms with Crippen LogP contribution in [0.4, 0.5) is 0 Å². The number of aliphatic carboxylic acids is 1. The van der Waals surface area contributed by atoms with E-state index in [0.29, 0.717) is 6.42 Å². The van der Waals surface area contributed by atoms with E-state index in [0.717, 1.165) is 26.1 Å². The van der Waals surface area contributed by atoms with Crippen molar-refractivity contribution in [2.45, 2.75) is 90.4 Å². The van der Waals surface area contributed by atoms with E-state index >= 15 is 0 Å². The van der Waals surface area contributed by atoms with Gasteiger partial charge in [0.25, 0.3) is 0 Å². The van der Waals surface area contributed by atoms with Crippen LogP contribution in [0.25, 0.3) is 0 Å². The van der Waals surface area contributed by atoms with Crippen molar-refractivity contribution in [1.82, 2.24) is 0 Å². The minimum atomic E-state index is -0.663. The number of carbonyl (C=O) groups is 1. The minimum Gasteiger partial charge on any atom is -0.481 e. The zero-order valence-electron chi connectivity index (χ0n) is 13.4. The van der Waals surface area contributed by atoms with Crippen molar-refractivity contribution in [2.24, 2.45) is 0 Å². The van der Waals surface area contributed by atoms with E-state index in [-0.39, 0.29) is 0 Å². The number of carboxylic acids is 1. The Hall–Kier alpha value is -0.570. The second-order valence-electron chi connectivity index (χ2n) is 5.65. The highest BCUT2D eigenvalue weighted by molar-refractivity contribution is 5.66. The van der Waals surface area contributed by atoms with Crippen molar-refractivity contribution >= 4 is 5.97 Å². The first kappa shape index (κ1) is 19.4. The topological polar surface area (TPSA) is 46.5 Å². The van der Waals surface area contributed by atoms with Crippen LogP contribution in [0.15, 0.2) is 0 Å². The Labute approximate surface area is 125 Å². The molecule has 0 heterocycles. The predicted octanol–water partition coefficient (Wildman–Crippen LogP) is 5.18. The lowest BCUT2D eigenvalue weighted by atomic mass is 10.1. The van der Waals surface area contributed by atoms with Gasteiger partial charge >= 0.3 is 5.97 Å². The Kier molecular flexibility index (Phi) is 16.0. The van der Waals surface area contributed by atoms with Crippen LogP contribution >= 0.6 is 0 Å². The highest BCUT2D eigenvalue weighted by atomic mass is 16.5. The van der Waals surface area contributed by atoms with Gasteiger partial charge < -0.3 is 9.84 Å². The molecule has 0 aliphatic carbocycles. The first-order valence-corrected chi connectivity index (χ1v) is 8.57. The van der Waals surface area contributed by atoms with Gasteiger partial charge in [0.15, 0.2) is 0 Å². The molecule has 0 unspecified atom stereocenters. The second kappa shape index (κ2) is 16.5. The molecule has 0 fully saturated rings. The monoisotopic (exact) mass is 286 g/mol. The summed E-state index contributed by atoms with van der Waals surface area (Å²) in [6, 6.07) is 0. The van der Waals surface area contributed by atoms with Crippen molar-refractivity contribution in [3.05, 3.63) is 0 Å². The van der Waals surface area contributed by atoms with Gasteiger partial charge in [-0.2, -0.15) is 0 Å². The number of carboxylic acid groups (broad SMARTS) is 1. The summed E-state index contributed by atoms with van der Waals surface area (Å²) in [5, 5.41) is 8.51. The Morgan fingerprint density at radius 1 is 0.750 bits per heavy atom. The first-order valence-electron chi connectivity index (χ1n) is 8.57. The van der Waals surface area contributed by atoms with Crippen molar-refractivity contribution in [2.75, 3.05) is 13.2 Å². The quantitative estimate of drug-likeness (QED) is 0.398. The van der Waals surface area contributed by atoms with E-state index in [1.807, 2.05) is 0 Å². The van der Waals surface area contributed by atoms with Gasteiger partial charge in [-0.1, -0.05) is 64.7 Å². The summed E-state index contributed by atoms with van der Waals surface area (Å²) in [5.41, 5.74) is 0. The number of ether oxygens (including phenoxy) is 1. The van der Waals surface area contributed by atoms with Crippen molar-refractivity contribution < 1.29 is 14.6 Å². The lowest BCUT2D eigenvalue weighted by Gasteiger charge is -2.04. The fourth-order valence-electron chi connectivity index (χ4n) is 2.24. The summed E-state index contributed by atoms with van der Waals surface area (Å²) >= 11 is 0. The van der Waals surface area contributed by atoms with Gasteiger partial charge in [0.05, 0.1) is 0 Å². The number of hydrogen-bond acceptors (Lipinski definition) is 2. The van der Waals surface area contributed by atoms with Gasteiger partial charge in [-0.3, -0.25) is 4.79 Å². The average molecular weight is 286 g/mol.